The third kappa shape index (κ3) is 3.71. The van der Waals surface area contributed by atoms with Gasteiger partial charge in [-0.2, -0.15) is 5.26 Å². The molecule has 0 saturated heterocycles. The minimum atomic E-state index is -0.388. The van der Waals surface area contributed by atoms with Crippen molar-refractivity contribution in [3.63, 3.8) is 0 Å². The maximum atomic E-state index is 11.6. The molecule has 0 fully saturated rings. The number of aryl methyl sites for hydroxylation is 1. The molecule has 1 N–H and O–H groups in total. The predicted molar refractivity (Wildman–Crippen MR) is 111 cm³/mol. The van der Waals surface area contributed by atoms with E-state index in [1.54, 1.807) is 18.2 Å². The molecule has 0 atom stereocenters. The Morgan fingerprint density at radius 3 is 2.68 bits per heavy atom. The molecule has 7 nitrogen and oxygen atoms in total. The molecule has 0 amide bonds. The molecule has 1 aromatic heterocycles. The Labute approximate surface area is 163 Å². The third-order valence-corrected chi connectivity index (χ3v) is 4.62. The molecule has 142 valence electrons. The molecule has 1 heterocycles. The highest BCUT2D eigenvalue weighted by Gasteiger charge is 2.18. The smallest absolute Gasteiger partial charge is 0.293 e. The lowest BCUT2D eigenvalue weighted by Gasteiger charge is -2.20. The number of fused-ring (bicyclic) bond motifs is 1. The quantitative estimate of drug-likeness (QED) is 0.383. The third-order valence-electron chi connectivity index (χ3n) is 4.62. The summed E-state index contributed by atoms with van der Waals surface area (Å²) in [5.41, 5.74) is 4.20. The lowest BCUT2D eigenvalue weighted by Crippen LogP contribution is -2.22. The summed E-state index contributed by atoms with van der Waals surface area (Å²) in [4.78, 5) is 20.7. The van der Waals surface area contributed by atoms with E-state index in [4.69, 9.17) is 0 Å². The summed E-state index contributed by atoms with van der Waals surface area (Å²) in [5.74, 6) is 0.443. The number of allylic oxidation sites excluding steroid dienone is 1. The van der Waals surface area contributed by atoms with Crippen LogP contribution in [-0.2, 0) is 0 Å². The maximum Gasteiger partial charge on any atom is 0.293 e. The van der Waals surface area contributed by atoms with Crippen molar-refractivity contribution in [3.05, 3.63) is 63.5 Å². The summed E-state index contributed by atoms with van der Waals surface area (Å²) in [6.07, 6.45) is 1.61. The Bertz CT molecular complexity index is 1100. The Morgan fingerprint density at radius 2 is 2.04 bits per heavy atom. The zero-order valence-corrected chi connectivity index (χ0v) is 16.1. The summed E-state index contributed by atoms with van der Waals surface area (Å²) in [6, 6.07) is 13.0. The van der Waals surface area contributed by atoms with E-state index in [0.717, 1.165) is 16.6 Å². The first-order chi connectivity index (χ1) is 13.5. The summed E-state index contributed by atoms with van der Waals surface area (Å²) >= 11 is 0. The van der Waals surface area contributed by atoms with E-state index in [1.165, 1.54) is 6.07 Å². The second kappa shape index (κ2) is 7.92. The SMILES string of the molecule is CCN(CC)c1ccc(C=C(C#N)c2nc3ccc(C)cc3[nH]2)cc1[N+](=O)[O-]. The van der Waals surface area contributed by atoms with E-state index in [-0.39, 0.29) is 10.6 Å². The molecule has 0 aliphatic heterocycles. The number of benzene rings is 2. The molecule has 2 aromatic carbocycles. The van der Waals surface area contributed by atoms with Crippen LogP contribution >= 0.6 is 0 Å². The van der Waals surface area contributed by atoms with Gasteiger partial charge >= 0.3 is 0 Å². The number of nitrogens with one attached hydrogen (secondary N) is 1. The molecule has 0 bridgehead atoms. The number of hydrogen-bond acceptors (Lipinski definition) is 5. The molecule has 0 aliphatic carbocycles. The van der Waals surface area contributed by atoms with Crippen LogP contribution in [0.25, 0.3) is 22.7 Å². The first kappa shape index (κ1) is 19.1. The van der Waals surface area contributed by atoms with Crippen LogP contribution in [0.15, 0.2) is 36.4 Å². The van der Waals surface area contributed by atoms with E-state index < -0.39 is 0 Å². The van der Waals surface area contributed by atoms with Crippen LogP contribution in [0.5, 0.6) is 0 Å². The second-order valence-electron chi connectivity index (χ2n) is 6.45. The van der Waals surface area contributed by atoms with Crippen molar-refractivity contribution in [1.29, 1.82) is 5.26 Å². The molecule has 7 heteroatoms. The predicted octanol–water partition coefficient (Wildman–Crippen LogP) is 4.69. The van der Waals surface area contributed by atoms with Gasteiger partial charge in [-0.3, -0.25) is 10.1 Å². The second-order valence-corrected chi connectivity index (χ2v) is 6.45. The lowest BCUT2D eigenvalue weighted by atomic mass is 10.1. The standard InChI is InChI=1S/C21H21N5O2/c1-4-25(5-2)19-9-7-15(12-20(19)26(27)28)11-16(13-22)21-23-17-8-6-14(3)10-18(17)24-21/h6-12H,4-5H2,1-3H3,(H,23,24). The van der Waals surface area contributed by atoms with Crippen LogP contribution in [0.1, 0.15) is 30.8 Å². The molecule has 0 spiro atoms. The largest absolute Gasteiger partial charge is 0.367 e. The Kier molecular flexibility index (Phi) is 5.41. The van der Waals surface area contributed by atoms with E-state index in [2.05, 4.69) is 16.0 Å². The number of anilines is 1. The molecular formula is C21H21N5O2. The van der Waals surface area contributed by atoms with Gasteiger partial charge in [-0.05, 0) is 56.2 Å². The highest BCUT2D eigenvalue weighted by Crippen LogP contribution is 2.30. The molecule has 0 saturated carbocycles. The van der Waals surface area contributed by atoms with Crippen molar-refractivity contribution >= 4 is 34.1 Å². The number of nitrogens with zero attached hydrogens (tertiary/aromatic N) is 4. The van der Waals surface area contributed by atoms with Gasteiger partial charge in [-0.25, -0.2) is 4.98 Å². The van der Waals surface area contributed by atoms with E-state index in [0.29, 0.717) is 35.7 Å². The molecule has 0 radical (unpaired) electrons. The van der Waals surface area contributed by atoms with E-state index in [1.807, 2.05) is 43.9 Å². The van der Waals surface area contributed by atoms with Gasteiger partial charge in [0.25, 0.3) is 5.69 Å². The number of imidazole rings is 1. The Morgan fingerprint density at radius 1 is 1.29 bits per heavy atom. The summed E-state index contributed by atoms with van der Waals surface area (Å²) < 4.78 is 0. The van der Waals surface area contributed by atoms with Gasteiger partial charge in [0, 0.05) is 19.2 Å². The number of aromatic amines is 1. The number of aromatic nitrogens is 2. The van der Waals surface area contributed by atoms with Crippen molar-refractivity contribution < 1.29 is 4.92 Å². The normalized spacial score (nSPS) is 11.4. The van der Waals surface area contributed by atoms with Gasteiger partial charge in [0.05, 0.1) is 21.5 Å². The van der Waals surface area contributed by atoms with Crippen LogP contribution in [0, 0.1) is 28.4 Å². The van der Waals surface area contributed by atoms with Gasteiger partial charge in [0.1, 0.15) is 17.6 Å². The fourth-order valence-electron chi connectivity index (χ4n) is 3.18. The van der Waals surface area contributed by atoms with Crippen LogP contribution in [0.3, 0.4) is 0 Å². The van der Waals surface area contributed by atoms with Gasteiger partial charge in [-0.15, -0.1) is 0 Å². The first-order valence-corrected chi connectivity index (χ1v) is 9.08. The average molecular weight is 375 g/mol. The van der Waals surface area contributed by atoms with Gasteiger partial charge in [-0.1, -0.05) is 12.1 Å². The van der Waals surface area contributed by atoms with Crippen molar-refractivity contribution in [2.45, 2.75) is 20.8 Å². The van der Waals surface area contributed by atoms with Gasteiger partial charge in [0.15, 0.2) is 0 Å². The Balaban J connectivity index is 2.05. The monoisotopic (exact) mass is 375 g/mol. The zero-order valence-electron chi connectivity index (χ0n) is 16.1. The average Bonchev–Trinajstić information content (AvgIpc) is 3.10. The van der Waals surface area contributed by atoms with E-state index >= 15 is 0 Å². The maximum absolute atomic E-state index is 11.6. The van der Waals surface area contributed by atoms with Crippen LogP contribution in [-0.4, -0.2) is 28.0 Å². The van der Waals surface area contributed by atoms with Crippen molar-refractivity contribution in [2.75, 3.05) is 18.0 Å². The first-order valence-electron chi connectivity index (χ1n) is 9.08. The fraction of sp³-hybridized carbons (Fsp3) is 0.238. The lowest BCUT2D eigenvalue weighted by molar-refractivity contribution is -0.384. The fourth-order valence-corrected chi connectivity index (χ4v) is 3.18. The van der Waals surface area contributed by atoms with Crippen LogP contribution in [0.2, 0.25) is 0 Å². The topological polar surface area (TPSA) is 98.8 Å². The summed E-state index contributed by atoms with van der Waals surface area (Å²) in [7, 11) is 0. The molecule has 0 unspecified atom stereocenters. The molecular weight excluding hydrogens is 354 g/mol. The van der Waals surface area contributed by atoms with Crippen molar-refractivity contribution in [3.8, 4) is 6.07 Å². The summed E-state index contributed by atoms with van der Waals surface area (Å²) in [6.45, 7) is 7.25. The summed E-state index contributed by atoms with van der Waals surface area (Å²) in [5, 5.41) is 21.2. The minimum Gasteiger partial charge on any atom is -0.367 e. The molecule has 0 aliphatic rings. The number of rotatable bonds is 6. The molecule has 3 rings (SSSR count). The van der Waals surface area contributed by atoms with Crippen LogP contribution < -0.4 is 4.90 Å². The van der Waals surface area contributed by atoms with Crippen molar-refractivity contribution in [1.82, 2.24) is 9.97 Å². The number of H-pyrrole nitrogens is 1. The number of hydrogen-bond donors (Lipinski definition) is 1. The highest BCUT2D eigenvalue weighted by molar-refractivity contribution is 5.91. The number of nitro groups is 1. The zero-order chi connectivity index (χ0) is 20.3. The van der Waals surface area contributed by atoms with Gasteiger partial charge in [0.2, 0.25) is 0 Å². The van der Waals surface area contributed by atoms with Crippen molar-refractivity contribution in [2.24, 2.45) is 0 Å². The minimum absolute atomic E-state index is 0.0231. The van der Waals surface area contributed by atoms with Gasteiger partial charge < -0.3 is 9.88 Å². The highest BCUT2D eigenvalue weighted by atomic mass is 16.6. The Hall–Kier alpha value is -3.66. The van der Waals surface area contributed by atoms with Crippen LogP contribution in [0.4, 0.5) is 11.4 Å². The van der Waals surface area contributed by atoms with E-state index in [9.17, 15) is 15.4 Å². The number of nitriles is 1. The molecule has 3 aromatic rings. The molecule has 28 heavy (non-hydrogen) atoms. The number of nitro benzene ring substituents is 1.